The molecule has 0 saturated carbocycles. The predicted molar refractivity (Wildman–Crippen MR) is 94.3 cm³/mol. The van der Waals surface area contributed by atoms with Crippen LogP contribution in [0.25, 0.3) is 0 Å². The Balaban J connectivity index is 1.89. The number of carbonyl (C=O) groups excluding carboxylic acids is 1. The molecule has 2 aromatic rings. The molecule has 0 aliphatic rings. The molecule has 0 aliphatic carbocycles. The number of hydrogen-bond donors (Lipinski definition) is 1. The third kappa shape index (κ3) is 6.80. The summed E-state index contributed by atoms with van der Waals surface area (Å²) >= 11 is 0.458. The summed E-state index contributed by atoms with van der Waals surface area (Å²) in [5, 5.41) is 2.73. The number of anilines is 1. The number of alkyl halides is 2. The van der Waals surface area contributed by atoms with E-state index in [0.717, 1.165) is 5.56 Å². The fourth-order valence-electron chi connectivity index (χ4n) is 2.30. The Kier molecular flexibility index (Phi) is 7.33. The highest BCUT2D eigenvalue weighted by atomic mass is 32.2. The average Bonchev–Trinajstić information content (AvgIpc) is 2.55. The highest BCUT2D eigenvalue weighted by molar-refractivity contribution is 7.99. The fraction of sp³-hybridized carbons (Fsp3) is 0.278. The minimum Gasteiger partial charge on any atom is -0.325 e. The van der Waals surface area contributed by atoms with Gasteiger partial charge in [-0.15, -0.1) is 0 Å². The third-order valence-electron chi connectivity index (χ3n) is 3.47. The SMILES string of the molecule is CCN(CC(=O)Nc1ccc(SC(F)F)cc1)Cc1cccc(F)c1. The van der Waals surface area contributed by atoms with Gasteiger partial charge < -0.3 is 5.32 Å². The van der Waals surface area contributed by atoms with Gasteiger partial charge in [-0.05, 0) is 48.5 Å². The van der Waals surface area contributed by atoms with Crippen molar-refractivity contribution >= 4 is 23.4 Å². The van der Waals surface area contributed by atoms with E-state index in [0.29, 0.717) is 35.4 Å². The smallest absolute Gasteiger partial charge is 0.288 e. The molecule has 0 unspecified atom stereocenters. The molecule has 0 radical (unpaired) electrons. The molecule has 7 heteroatoms. The zero-order chi connectivity index (χ0) is 18.2. The summed E-state index contributed by atoms with van der Waals surface area (Å²) in [6.07, 6.45) is 0. The van der Waals surface area contributed by atoms with Crippen molar-refractivity contribution in [2.24, 2.45) is 0 Å². The van der Waals surface area contributed by atoms with Crippen LogP contribution in [0.15, 0.2) is 53.4 Å². The van der Waals surface area contributed by atoms with Crippen LogP contribution in [0.1, 0.15) is 12.5 Å². The lowest BCUT2D eigenvalue weighted by molar-refractivity contribution is -0.117. The molecule has 0 saturated heterocycles. The Bertz CT molecular complexity index is 695. The van der Waals surface area contributed by atoms with Gasteiger partial charge in [-0.2, -0.15) is 8.78 Å². The van der Waals surface area contributed by atoms with Crippen LogP contribution in [0, 0.1) is 5.82 Å². The molecule has 1 amide bonds. The Hall–Kier alpha value is -1.99. The molecule has 0 bridgehead atoms. The van der Waals surface area contributed by atoms with E-state index in [1.165, 1.54) is 24.3 Å². The minimum atomic E-state index is -2.47. The van der Waals surface area contributed by atoms with Crippen molar-refractivity contribution in [3.8, 4) is 0 Å². The van der Waals surface area contributed by atoms with E-state index in [4.69, 9.17) is 0 Å². The van der Waals surface area contributed by atoms with E-state index in [1.54, 1.807) is 18.2 Å². The van der Waals surface area contributed by atoms with Crippen molar-refractivity contribution in [2.75, 3.05) is 18.4 Å². The van der Waals surface area contributed by atoms with Gasteiger partial charge in [0.1, 0.15) is 5.82 Å². The van der Waals surface area contributed by atoms with Crippen LogP contribution in [0.5, 0.6) is 0 Å². The average molecular weight is 368 g/mol. The number of rotatable bonds is 8. The number of amides is 1. The summed E-state index contributed by atoms with van der Waals surface area (Å²) < 4.78 is 37.8. The van der Waals surface area contributed by atoms with Crippen molar-refractivity contribution < 1.29 is 18.0 Å². The van der Waals surface area contributed by atoms with Crippen LogP contribution in [0.4, 0.5) is 18.9 Å². The van der Waals surface area contributed by atoms with E-state index in [-0.39, 0.29) is 18.3 Å². The van der Waals surface area contributed by atoms with E-state index in [9.17, 15) is 18.0 Å². The summed E-state index contributed by atoms with van der Waals surface area (Å²) in [6.45, 7) is 3.17. The number of likely N-dealkylation sites (N-methyl/N-ethyl adjacent to an activating group) is 1. The Labute approximate surface area is 149 Å². The number of nitrogens with one attached hydrogen (secondary N) is 1. The highest BCUT2D eigenvalue weighted by Gasteiger charge is 2.11. The van der Waals surface area contributed by atoms with Crippen LogP contribution in [0.2, 0.25) is 0 Å². The van der Waals surface area contributed by atoms with Crippen molar-refractivity contribution in [3.63, 3.8) is 0 Å². The van der Waals surface area contributed by atoms with E-state index < -0.39 is 5.76 Å². The lowest BCUT2D eigenvalue weighted by Gasteiger charge is -2.20. The van der Waals surface area contributed by atoms with Gasteiger partial charge in [0.2, 0.25) is 5.91 Å². The molecule has 1 N–H and O–H groups in total. The standard InChI is InChI=1S/C18H19F3N2OS/c1-2-23(11-13-4-3-5-14(19)10-13)12-17(24)22-15-6-8-16(9-7-15)25-18(20)21/h3-10,18H,2,11-12H2,1H3,(H,22,24). The fourth-order valence-corrected chi connectivity index (χ4v) is 2.80. The predicted octanol–water partition coefficient (Wildman–Crippen LogP) is 4.60. The molecular weight excluding hydrogens is 349 g/mol. The van der Waals surface area contributed by atoms with Crippen LogP contribution in [0.3, 0.4) is 0 Å². The number of thioether (sulfide) groups is 1. The third-order valence-corrected chi connectivity index (χ3v) is 4.20. The highest BCUT2D eigenvalue weighted by Crippen LogP contribution is 2.26. The molecule has 0 fully saturated rings. The molecular formula is C18H19F3N2OS. The topological polar surface area (TPSA) is 32.3 Å². The molecule has 2 rings (SSSR count). The number of nitrogens with zero attached hydrogens (tertiary/aromatic N) is 1. The van der Waals surface area contributed by atoms with Crippen LogP contribution < -0.4 is 5.32 Å². The zero-order valence-corrected chi connectivity index (χ0v) is 14.5. The molecule has 0 aliphatic heterocycles. The number of hydrogen-bond acceptors (Lipinski definition) is 3. The summed E-state index contributed by atoms with van der Waals surface area (Å²) in [4.78, 5) is 14.5. The lowest BCUT2D eigenvalue weighted by atomic mass is 10.2. The second-order valence-corrected chi connectivity index (χ2v) is 6.45. The lowest BCUT2D eigenvalue weighted by Crippen LogP contribution is -2.32. The molecule has 134 valence electrons. The van der Waals surface area contributed by atoms with Crippen molar-refractivity contribution in [2.45, 2.75) is 24.1 Å². The first-order valence-electron chi connectivity index (χ1n) is 7.77. The number of carbonyl (C=O) groups is 1. The van der Waals surface area contributed by atoms with Gasteiger partial charge in [0.25, 0.3) is 5.76 Å². The summed E-state index contributed by atoms with van der Waals surface area (Å²) in [7, 11) is 0. The van der Waals surface area contributed by atoms with Crippen LogP contribution in [-0.4, -0.2) is 29.7 Å². The second-order valence-electron chi connectivity index (χ2n) is 5.38. The molecule has 25 heavy (non-hydrogen) atoms. The van der Waals surface area contributed by atoms with Crippen molar-refractivity contribution in [1.29, 1.82) is 0 Å². The van der Waals surface area contributed by atoms with Gasteiger partial charge in [-0.3, -0.25) is 9.69 Å². The van der Waals surface area contributed by atoms with Gasteiger partial charge >= 0.3 is 0 Å². The number of benzene rings is 2. The molecule has 0 aromatic heterocycles. The van der Waals surface area contributed by atoms with Gasteiger partial charge in [0.05, 0.1) is 6.54 Å². The van der Waals surface area contributed by atoms with E-state index in [2.05, 4.69) is 5.32 Å². The van der Waals surface area contributed by atoms with Crippen LogP contribution in [-0.2, 0) is 11.3 Å². The van der Waals surface area contributed by atoms with Gasteiger partial charge in [-0.1, -0.05) is 30.8 Å². The van der Waals surface area contributed by atoms with Gasteiger partial charge in [0.15, 0.2) is 0 Å². The number of halogens is 3. The summed E-state index contributed by atoms with van der Waals surface area (Å²) in [5.74, 6) is -2.99. The largest absolute Gasteiger partial charge is 0.325 e. The maximum Gasteiger partial charge on any atom is 0.288 e. The quantitative estimate of drug-likeness (QED) is 0.691. The van der Waals surface area contributed by atoms with Crippen molar-refractivity contribution in [3.05, 3.63) is 59.9 Å². The first kappa shape index (κ1) is 19.3. The van der Waals surface area contributed by atoms with Crippen LogP contribution >= 0.6 is 11.8 Å². The maximum atomic E-state index is 13.2. The molecule has 0 heterocycles. The zero-order valence-electron chi connectivity index (χ0n) is 13.7. The van der Waals surface area contributed by atoms with Crippen molar-refractivity contribution in [1.82, 2.24) is 4.90 Å². The van der Waals surface area contributed by atoms with Gasteiger partial charge in [-0.25, -0.2) is 4.39 Å². The molecule has 0 spiro atoms. The molecule has 3 nitrogen and oxygen atoms in total. The first-order chi connectivity index (χ1) is 12.0. The monoisotopic (exact) mass is 368 g/mol. The van der Waals surface area contributed by atoms with Gasteiger partial charge in [0, 0.05) is 17.1 Å². The second kappa shape index (κ2) is 9.48. The Morgan fingerprint density at radius 3 is 2.52 bits per heavy atom. The first-order valence-corrected chi connectivity index (χ1v) is 8.65. The maximum absolute atomic E-state index is 13.2. The Morgan fingerprint density at radius 1 is 1.20 bits per heavy atom. The molecule has 2 aromatic carbocycles. The normalized spacial score (nSPS) is 11.1. The Morgan fingerprint density at radius 2 is 1.92 bits per heavy atom. The molecule has 0 atom stereocenters. The minimum absolute atomic E-state index is 0.153. The summed E-state index contributed by atoms with van der Waals surface area (Å²) in [5.41, 5.74) is 1.34. The van der Waals surface area contributed by atoms with E-state index in [1.807, 2.05) is 17.9 Å². The summed E-state index contributed by atoms with van der Waals surface area (Å²) in [6, 6.07) is 12.5. The van der Waals surface area contributed by atoms with E-state index >= 15 is 0 Å².